The highest BCUT2D eigenvalue weighted by atomic mass is 16.1. The number of ketones is 4. The minimum Gasteiger partial charge on any atom is -0.294 e. The molecule has 4 aliphatic rings. The summed E-state index contributed by atoms with van der Waals surface area (Å²) in [5.41, 5.74) is 9.81. The largest absolute Gasteiger partial charge is 0.294 e. The molecule has 0 radical (unpaired) electrons. The molecular weight excluding hydrogens is 665 g/mol. The molecule has 0 aliphatic heterocycles. The topological polar surface area (TPSA) is 68.3 Å². The van der Waals surface area contributed by atoms with E-state index >= 15 is 0 Å². The number of allylic oxidation sites excluding steroid dienone is 2. The fraction of sp³-hybridized carbons (Fsp3) is 0.160. The molecule has 4 heteroatoms. The maximum atomic E-state index is 14.9. The van der Waals surface area contributed by atoms with Crippen LogP contribution < -0.4 is 0 Å². The normalized spacial score (nSPS) is 21.5. The molecule has 10 rings (SSSR count). The van der Waals surface area contributed by atoms with Gasteiger partial charge in [-0.25, -0.2) is 0 Å². The quantitative estimate of drug-likeness (QED) is 0.184. The Labute approximate surface area is 314 Å². The molecule has 260 valence electrons. The highest BCUT2D eigenvalue weighted by Gasteiger charge is 2.52. The van der Waals surface area contributed by atoms with E-state index in [4.69, 9.17) is 0 Å². The van der Waals surface area contributed by atoms with Crippen LogP contribution in [0.1, 0.15) is 67.1 Å². The highest BCUT2D eigenvalue weighted by Crippen LogP contribution is 2.54. The summed E-state index contributed by atoms with van der Waals surface area (Å²) in [4.78, 5) is 59.5. The van der Waals surface area contributed by atoms with Gasteiger partial charge in [0, 0.05) is 45.2 Å². The summed E-state index contributed by atoms with van der Waals surface area (Å²) in [5.74, 6) is -1.09. The molecule has 0 N–H and O–H groups in total. The molecule has 0 aromatic heterocycles. The van der Waals surface area contributed by atoms with Crippen LogP contribution in [-0.4, -0.2) is 23.1 Å². The summed E-state index contributed by atoms with van der Waals surface area (Å²) in [7, 11) is 0. The van der Waals surface area contributed by atoms with Gasteiger partial charge in [0.15, 0.2) is 23.1 Å². The van der Waals surface area contributed by atoms with Crippen LogP contribution in [0.2, 0.25) is 0 Å². The Morgan fingerprint density at radius 1 is 0.333 bits per heavy atom. The molecule has 0 amide bonds. The van der Waals surface area contributed by atoms with Crippen molar-refractivity contribution in [3.63, 3.8) is 0 Å². The van der Waals surface area contributed by atoms with Crippen molar-refractivity contribution in [2.24, 2.45) is 23.7 Å². The second-order valence-electron chi connectivity index (χ2n) is 15.2. The molecule has 54 heavy (non-hydrogen) atoms. The van der Waals surface area contributed by atoms with E-state index in [0.717, 1.165) is 44.5 Å². The molecule has 1 saturated carbocycles. The van der Waals surface area contributed by atoms with Crippen molar-refractivity contribution >= 4 is 23.1 Å². The Morgan fingerprint density at radius 2 is 0.611 bits per heavy atom. The van der Waals surface area contributed by atoms with Gasteiger partial charge < -0.3 is 0 Å². The number of fused-ring (bicyclic) bond motifs is 4. The molecular formula is C50H36O4. The van der Waals surface area contributed by atoms with Gasteiger partial charge in [-0.2, -0.15) is 0 Å². The Kier molecular flexibility index (Phi) is 7.62. The van der Waals surface area contributed by atoms with E-state index in [0.29, 0.717) is 59.1 Å². The zero-order chi connectivity index (χ0) is 36.5. The fourth-order valence-electron chi connectivity index (χ4n) is 9.97. The standard InChI is InChI=1S/C50H36O4/c51-47-39-25-33-27-41-42(50(54)46-38(32-19-11-4-12-20-32)24-23-37(45(46)49(41)53)31-17-9-3-10-18-31)28-34(33)26-40(39)48(52)44-36(30-15-7-2-8-16-30)22-21-35(43(44)47)29-13-5-1-6-14-29/h1-24,33-34,39-40H,25-28H2. The van der Waals surface area contributed by atoms with Crippen molar-refractivity contribution in [3.05, 3.63) is 179 Å². The maximum Gasteiger partial charge on any atom is 0.190 e. The molecule has 1 fully saturated rings. The van der Waals surface area contributed by atoms with Crippen LogP contribution >= 0.6 is 0 Å². The second-order valence-corrected chi connectivity index (χ2v) is 15.2. The van der Waals surface area contributed by atoms with Crippen LogP contribution in [0.5, 0.6) is 0 Å². The van der Waals surface area contributed by atoms with Crippen LogP contribution in [0.4, 0.5) is 0 Å². The van der Waals surface area contributed by atoms with E-state index in [1.54, 1.807) is 0 Å². The Bertz CT molecular complexity index is 2390. The number of carbonyl (C=O) groups excluding carboxylic acids is 4. The van der Waals surface area contributed by atoms with Gasteiger partial charge in [0.05, 0.1) is 0 Å². The smallest absolute Gasteiger partial charge is 0.190 e. The van der Waals surface area contributed by atoms with E-state index in [9.17, 15) is 19.2 Å². The minimum absolute atomic E-state index is 0.0107. The summed E-state index contributed by atoms with van der Waals surface area (Å²) in [5, 5.41) is 0. The zero-order valence-electron chi connectivity index (χ0n) is 29.6. The Hall–Kier alpha value is -6.26. The van der Waals surface area contributed by atoms with Gasteiger partial charge in [0.25, 0.3) is 0 Å². The van der Waals surface area contributed by atoms with Gasteiger partial charge in [-0.15, -0.1) is 0 Å². The summed E-state index contributed by atoms with van der Waals surface area (Å²) in [6.45, 7) is 0. The molecule has 6 aromatic rings. The fourth-order valence-corrected chi connectivity index (χ4v) is 9.97. The van der Waals surface area contributed by atoms with Gasteiger partial charge >= 0.3 is 0 Å². The summed E-state index contributed by atoms with van der Waals surface area (Å²) in [6.07, 6.45) is 1.90. The third-order valence-corrected chi connectivity index (χ3v) is 12.5. The third-order valence-electron chi connectivity index (χ3n) is 12.5. The van der Waals surface area contributed by atoms with Crippen LogP contribution in [0.25, 0.3) is 44.5 Å². The van der Waals surface area contributed by atoms with E-state index in [1.807, 2.05) is 146 Å². The molecule has 0 heterocycles. The lowest BCUT2D eigenvalue weighted by atomic mass is 9.55. The van der Waals surface area contributed by atoms with Crippen LogP contribution in [0, 0.1) is 23.7 Å². The molecule has 4 unspecified atom stereocenters. The van der Waals surface area contributed by atoms with Crippen LogP contribution in [0.3, 0.4) is 0 Å². The lowest BCUT2D eigenvalue weighted by Gasteiger charge is -2.46. The lowest BCUT2D eigenvalue weighted by Crippen LogP contribution is -2.46. The SMILES string of the molecule is O=C1C2=C(CC3CC4C(=O)c5c(-c6ccccc6)ccc(-c6ccccc6)c5C(=O)C4CC3C2)C(=O)c2c(-c3ccccc3)ccc(-c3ccccc3)c21. The van der Waals surface area contributed by atoms with E-state index in [-0.39, 0.29) is 35.0 Å². The van der Waals surface area contributed by atoms with Crippen molar-refractivity contribution in [3.8, 4) is 44.5 Å². The molecule has 4 atom stereocenters. The van der Waals surface area contributed by atoms with Gasteiger partial charge in [-0.1, -0.05) is 146 Å². The molecule has 0 bridgehead atoms. The van der Waals surface area contributed by atoms with Crippen LogP contribution in [-0.2, 0) is 0 Å². The average Bonchev–Trinajstić information content (AvgIpc) is 3.24. The second kappa shape index (κ2) is 12.7. The first-order chi connectivity index (χ1) is 26.5. The van der Waals surface area contributed by atoms with Crippen molar-refractivity contribution in [1.29, 1.82) is 0 Å². The zero-order valence-corrected chi connectivity index (χ0v) is 29.6. The van der Waals surface area contributed by atoms with Gasteiger partial charge in [-0.05, 0) is 82.0 Å². The summed E-state index contributed by atoms with van der Waals surface area (Å²) in [6, 6.07) is 47.2. The number of hydrogen-bond donors (Lipinski definition) is 0. The van der Waals surface area contributed by atoms with E-state index in [1.165, 1.54) is 0 Å². The lowest BCUT2D eigenvalue weighted by molar-refractivity contribution is 0.0511. The van der Waals surface area contributed by atoms with Crippen LogP contribution in [0.15, 0.2) is 157 Å². The van der Waals surface area contributed by atoms with Crippen molar-refractivity contribution in [2.45, 2.75) is 25.7 Å². The first-order valence-electron chi connectivity index (χ1n) is 18.9. The monoisotopic (exact) mass is 700 g/mol. The number of Topliss-reactive ketones (excluding diaryl/α,β-unsaturated/α-hetero) is 4. The molecule has 4 nitrogen and oxygen atoms in total. The number of carbonyl (C=O) groups is 4. The number of hydrogen-bond acceptors (Lipinski definition) is 4. The van der Waals surface area contributed by atoms with Crippen molar-refractivity contribution < 1.29 is 19.2 Å². The van der Waals surface area contributed by atoms with Gasteiger partial charge in [-0.3, -0.25) is 19.2 Å². The van der Waals surface area contributed by atoms with Gasteiger partial charge in [0.1, 0.15) is 0 Å². The molecule has 4 aliphatic carbocycles. The first kappa shape index (κ1) is 32.4. The van der Waals surface area contributed by atoms with Gasteiger partial charge in [0.2, 0.25) is 0 Å². The van der Waals surface area contributed by atoms with E-state index in [2.05, 4.69) is 0 Å². The number of rotatable bonds is 4. The summed E-state index contributed by atoms with van der Waals surface area (Å²) < 4.78 is 0. The average molecular weight is 701 g/mol. The van der Waals surface area contributed by atoms with E-state index < -0.39 is 11.8 Å². The molecule has 6 aromatic carbocycles. The predicted molar refractivity (Wildman–Crippen MR) is 211 cm³/mol. The van der Waals surface area contributed by atoms with Crippen molar-refractivity contribution in [1.82, 2.24) is 0 Å². The molecule has 0 saturated heterocycles. The molecule has 0 spiro atoms. The van der Waals surface area contributed by atoms with Crippen molar-refractivity contribution in [2.75, 3.05) is 0 Å². The summed E-state index contributed by atoms with van der Waals surface area (Å²) >= 11 is 0. The maximum absolute atomic E-state index is 14.9. The Balaban J connectivity index is 1.06. The predicted octanol–water partition coefficient (Wildman–Crippen LogP) is 11.2. The third kappa shape index (κ3) is 4.97. The number of benzene rings is 6. The Morgan fingerprint density at radius 3 is 0.907 bits per heavy atom. The highest BCUT2D eigenvalue weighted by molar-refractivity contribution is 6.31. The first-order valence-corrected chi connectivity index (χ1v) is 18.9. The minimum atomic E-state index is -0.479.